The van der Waals surface area contributed by atoms with Gasteiger partial charge in [-0.25, -0.2) is 4.79 Å². The molecule has 0 aliphatic heterocycles. The first kappa shape index (κ1) is 15.1. The molecule has 0 radical (unpaired) electrons. The van der Waals surface area contributed by atoms with Crippen LogP contribution >= 0.6 is 0 Å². The predicted molar refractivity (Wildman–Crippen MR) is 67.7 cm³/mol. The van der Waals surface area contributed by atoms with Crippen LogP contribution in [-0.2, 0) is 11.0 Å². The van der Waals surface area contributed by atoms with E-state index in [9.17, 15) is 22.8 Å². The Morgan fingerprint density at radius 1 is 1.33 bits per heavy atom. The molecule has 0 spiro atoms. The molecule has 0 aromatic heterocycles. The Kier molecular flexibility index (Phi) is 3.80. The number of amides is 1. The molecule has 1 fully saturated rings. The molecule has 1 unspecified atom stereocenters. The zero-order valence-corrected chi connectivity index (χ0v) is 10.8. The summed E-state index contributed by atoms with van der Waals surface area (Å²) in [6.07, 6.45) is -3.17. The summed E-state index contributed by atoms with van der Waals surface area (Å²) in [6, 6.07) is 1.48. The number of hydrogen-bond acceptors (Lipinski definition) is 3. The van der Waals surface area contributed by atoms with Crippen LogP contribution in [0.1, 0.15) is 28.8 Å². The number of nitrogens with one attached hydrogen (secondary N) is 1. The minimum Gasteiger partial charge on any atom is -0.480 e. The topological polar surface area (TPSA) is 92.4 Å². The second-order valence-corrected chi connectivity index (χ2v) is 4.92. The average molecular weight is 302 g/mol. The first-order valence-electron chi connectivity index (χ1n) is 6.20. The van der Waals surface area contributed by atoms with E-state index >= 15 is 0 Å². The Balaban J connectivity index is 2.34. The Morgan fingerprint density at radius 3 is 2.38 bits per heavy atom. The summed E-state index contributed by atoms with van der Waals surface area (Å²) in [7, 11) is 0. The van der Waals surface area contributed by atoms with Crippen molar-refractivity contribution in [3.8, 4) is 0 Å². The third-order valence-electron chi connectivity index (χ3n) is 3.28. The number of carboxylic acids is 1. The number of primary amides is 1. The lowest BCUT2D eigenvalue weighted by Crippen LogP contribution is -2.32. The first-order chi connectivity index (χ1) is 9.70. The van der Waals surface area contributed by atoms with Crippen molar-refractivity contribution >= 4 is 17.6 Å². The minimum absolute atomic E-state index is 0.00481. The number of alkyl halides is 3. The second-order valence-electron chi connectivity index (χ2n) is 4.92. The van der Waals surface area contributed by atoms with E-state index in [1.165, 1.54) is 0 Å². The van der Waals surface area contributed by atoms with Crippen molar-refractivity contribution in [1.82, 2.24) is 0 Å². The van der Waals surface area contributed by atoms with Crippen LogP contribution in [-0.4, -0.2) is 23.0 Å². The maximum absolute atomic E-state index is 12.6. The Hall–Kier alpha value is -2.25. The molecule has 21 heavy (non-hydrogen) atoms. The van der Waals surface area contributed by atoms with Crippen molar-refractivity contribution in [1.29, 1.82) is 0 Å². The number of anilines is 1. The summed E-state index contributed by atoms with van der Waals surface area (Å²) in [4.78, 5) is 22.4. The molecule has 1 aromatic carbocycles. The molecule has 4 N–H and O–H groups in total. The van der Waals surface area contributed by atoms with Crippen molar-refractivity contribution in [2.45, 2.75) is 25.1 Å². The van der Waals surface area contributed by atoms with Crippen molar-refractivity contribution < 1.29 is 27.9 Å². The number of aliphatic carboxylic acids is 1. The van der Waals surface area contributed by atoms with Gasteiger partial charge < -0.3 is 16.2 Å². The Bertz CT molecular complexity index is 583. The number of nitrogens with two attached hydrogens (primary N) is 1. The van der Waals surface area contributed by atoms with E-state index in [4.69, 9.17) is 10.8 Å². The van der Waals surface area contributed by atoms with Crippen LogP contribution in [0.15, 0.2) is 18.2 Å². The van der Waals surface area contributed by atoms with Crippen LogP contribution < -0.4 is 11.1 Å². The highest BCUT2D eigenvalue weighted by Crippen LogP contribution is 2.36. The predicted octanol–water partition coefficient (Wildman–Crippen LogP) is 2.08. The summed E-state index contributed by atoms with van der Waals surface area (Å²) in [5.74, 6) is -2.26. The molecule has 1 aliphatic rings. The molecule has 1 atom stereocenters. The maximum Gasteiger partial charge on any atom is 0.416 e. The van der Waals surface area contributed by atoms with Crippen LogP contribution in [0.5, 0.6) is 0 Å². The summed E-state index contributed by atoms with van der Waals surface area (Å²) >= 11 is 0. The molecule has 1 saturated carbocycles. The quantitative estimate of drug-likeness (QED) is 0.776. The van der Waals surface area contributed by atoms with Gasteiger partial charge in [0.1, 0.15) is 6.04 Å². The van der Waals surface area contributed by atoms with Gasteiger partial charge in [0.2, 0.25) is 0 Å². The summed E-state index contributed by atoms with van der Waals surface area (Å²) in [5, 5.41) is 11.7. The molecule has 8 heteroatoms. The summed E-state index contributed by atoms with van der Waals surface area (Å²) in [5.41, 5.74) is 3.68. The molecule has 114 valence electrons. The Morgan fingerprint density at radius 2 is 1.95 bits per heavy atom. The van der Waals surface area contributed by atoms with Gasteiger partial charge >= 0.3 is 12.1 Å². The van der Waals surface area contributed by atoms with Gasteiger partial charge in [-0.05, 0) is 37.0 Å². The number of hydrogen-bond donors (Lipinski definition) is 3. The monoisotopic (exact) mass is 302 g/mol. The average Bonchev–Trinajstić information content (AvgIpc) is 3.18. The van der Waals surface area contributed by atoms with Crippen LogP contribution in [0.3, 0.4) is 0 Å². The zero-order chi connectivity index (χ0) is 15.8. The SMILES string of the molecule is NC(=O)c1cc(C(F)(F)F)ccc1NC(C(=O)O)C1CC1. The number of halogens is 3. The molecule has 2 rings (SSSR count). The standard InChI is InChI=1S/C13H13F3N2O3/c14-13(15,16)7-3-4-9(8(5-7)11(17)19)18-10(12(20)21)6-1-2-6/h3-6,10,18H,1-2H2,(H2,17,19)(H,20,21). The van der Waals surface area contributed by atoms with Gasteiger partial charge in [-0.3, -0.25) is 4.79 Å². The van der Waals surface area contributed by atoms with Crippen molar-refractivity contribution in [2.24, 2.45) is 11.7 Å². The summed E-state index contributed by atoms with van der Waals surface area (Å²) in [6.45, 7) is 0. The fraction of sp³-hybridized carbons (Fsp3) is 0.385. The maximum atomic E-state index is 12.6. The fourth-order valence-electron chi connectivity index (χ4n) is 2.03. The normalized spacial score (nSPS) is 16.3. The third-order valence-corrected chi connectivity index (χ3v) is 3.28. The first-order valence-corrected chi connectivity index (χ1v) is 6.20. The molecule has 5 nitrogen and oxygen atoms in total. The molecule has 1 aliphatic carbocycles. The van der Waals surface area contributed by atoms with Gasteiger partial charge in [0, 0.05) is 5.69 Å². The van der Waals surface area contributed by atoms with E-state index in [2.05, 4.69) is 5.32 Å². The molecule has 1 amide bonds. The molecule has 0 bridgehead atoms. The fourth-order valence-corrected chi connectivity index (χ4v) is 2.03. The lowest BCUT2D eigenvalue weighted by atomic mass is 10.1. The van der Waals surface area contributed by atoms with Gasteiger partial charge in [-0.15, -0.1) is 0 Å². The smallest absolute Gasteiger partial charge is 0.416 e. The van der Waals surface area contributed by atoms with Crippen molar-refractivity contribution in [2.75, 3.05) is 5.32 Å². The molecular formula is C13H13F3N2O3. The Labute approximate surface area is 117 Å². The number of rotatable bonds is 5. The number of benzene rings is 1. The lowest BCUT2D eigenvalue weighted by Gasteiger charge is -2.18. The third kappa shape index (κ3) is 3.45. The summed E-state index contributed by atoms with van der Waals surface area (Å²) < 4.78 is 37.9. The van der Waals surface area contributed by atoms with Crippen molar-refractivity contribution in [3.63, 3.8) is 0 Å². The largest absolute Gasteiger partial charge is 0.480 e. The molecule has 0 saturated heterocycles. The van der Waals surface area contributed by atoms with Gasteiger partial charge in [0.05, 0.1) is 11.1 Å². The van der Waals surface area contributed by atoms with E-state index in [1.807, 2.05) is 0 Å². The minimum atomic E-state index is -4.61. The van der Waals surface area contributed by atoms with Crippen LogP contribution in [0.2, 0.25) is 0 Å². The van der Waals surface area contributed by atoms with E-state index in [0.29, 0.717) is 6.07 Å². The van der Waals surface area contributed by atoms with Crippen LogP contribution in [0, 0.1) is 5.92 Å². The number of carbonyl (C=O) groups is 2. The molecule has 0 heterocycles. The number of carboxylic acid groups (broad SMARTS) is 1. The van der Waals surface area contributed by atoms with Gasteiger partial charge in [0.25, 0.3) is 5.91 Å². The highest BCUT2D eigenvalue weighted by atomic mass is 19.4. The van der Waals surface area contributed by atoms with Crippen LogP contribution in [0.4, 0.5) is 18.9 Å². The number of carbonyl (C=O) groups excluding carboxylic acids is 1. The molecule has 1 aromatic rings. The van der Waals surface area contributed by atoms with E-state index in [-0.39, 0.29) is 17.2 Å². The van der Waals surface area contributed by atoms with Gasteiger partial charge in [0.15, 0.2) is 0 Å². The second kappa shape index (κ2) is 5.27. The van der Waals surface area contributed by atoms with E-state index in [0.717, 1.165) is 25.0 Å². The van der Waals surface area contributed by atoms with Crippen molar-refractivity contribution in [3.05, 3.63) is 29.3 Å². The van der Waals surface area contributed by atoms with Gasteiger partial charge in [-0.1, -0.05) is 0 Å². The van der Waals surface area contributed by atoms with E-state index < -0.39 is 29.7 Å². The highest BCUT2D eigenvalue weighted by molar-refractivity contribution is 5.99. The highest BCUT2D eigenvalue weighted by Gasteiger charge is 2.37. The zero-order valence-electron chi connectivity index (χ0n) is 10.8. The van der Waals surface area contributed by atoms with Gasteiger partial charge in [-0.2, -0.15) is 13.2 Å². The van der Waals surface area contributed by atoms with E-state index in [1.54, 1.807) is 0 Å². The lowest BCUT2D eigenvalue weighted by molar-refractivity contribution is -0.139. The molecular weight excluding hydrogens is 289 g/mol. The van der Waals surface area contributed by atoms with Crippen LogP contribution in [0.25, 0.3) is 0 Å².